The molecule has 0 radical (unpaired) electrons. The fourth-order valence-electron chi connectivity index (χ4n) is 2.29. The van der Waals surface area contributed by atoms with Crippen molar-refractivity contribution in [2.75, 3.05) is 5.32 Å². The van der Waals surface area contributed by atoms with Crippen LogP contribution >= 0.6 is 0 Å². The van der Waals surface area contributed by atoms with Crippen molar-refractivity contribution in [2.45, 2.75) is 46.8 Å². The molecule has 0 saturated heterocycles. The number of amides is 1. The van der Waals surface area contributed by atoms with E-state index in [1.54, 1.807) is 29.9 Å². The van der Waals surface area contributed by atoms with Gasteiger partial charge in [0.05, 0.1) is 11.8 Å². The third kappa shape index (κ3) is 4.01. The second-order valence-electron chi connectivity index (χ2n) is 6.11. The van der Waals surface area contributed by atoms with E-state index in [2.05, 4.69) is 10.4 Å². The summed E-state index contributed by atoms with van der Waals surface area (Å²) in [6.45, 7) is 9.22. The van der Waals surface area contributed by atoms with Crippen molar-refractivity contribution < 1.29 is 14.3 Å². The number of rotatable bonds is 5. The molecular weight excluding hydrogens is 306 g/mol. The van der Waals surface area contributed by atoms with E-state index in [0.29, 0.717) is 11.4 Å². The number of carbonyl (C=O) groups is 2. The van der Waals surface area contributed by atoms with Crippen LogP contribution in [0.5, 0.6) is 0 Å². The van der Waals surface area contributed by atoms with Gasteiger partial charge in [0.15, 0.2) is 6.10 Å². The average molecular weight is 329 g/mol. The van der Waals surface area contributed by atoms with Crippen molar-refractivity contribution >= 4 is 17.7 Å². The van der Waals surface area contributed by atoms with Crippen LogP contribution in [-0.4, -0.2) is 27.8 Å². The number of hydrogen-bond acceptors (Lipinski definition) is 4. The second-order valence-corrected chi connectivity index (χ2v) is 6.11. The van der Waals surface area contributed by atoms with Gasteiger partial charge in [0.25, 0.3) is 5.91 Å². The van der Waals surface area contributed by atoms with Gasteiger partial charge in [-0.1, -0.05) is 17.7 Å². The van der Waals surface area contributed by atoms with E-state index in [9.17, 15) is 9.59 Å². The molecule has 1 atom stereocenters. The van der Waals surface area contributed by atoms with Crippen LogP contribution in [0.25, 0.3) is 0 Å². The maximum Gasteiger partial charge on any atom is 0.339 e. The van der Waals surface area contributed by atoms with E-state index in [-0.39, 0.29) is 6.04 Å². The number of ether oxygens (including phenoxy) is 1. The molecule has 0 spiro atoms. The fourth-order valence-corrected chi connectivity index (χ4v) is 2.29. The Morgan fingerprint density at radius 2 is 1.88 bits per heavy atom. The van der Waals surface area contributed by atoms with E-state index in [4.69, 9.17) is 4.74 Å². The Labute approximate surface area is 141 Å². The maximum atomic E-state index is 12.3. The molecule has 0 saturated carbocycles. The molecule has 6 heteroatoms. The summed E-state index contributed by atoms with van der Waals surface area (Å²) in [6, 6.07) is 7.36. The number of nitrogens with one attached hydrogen (secondary N) is 1. The van der Waals surface area contributed by atoms with Crippen LogP contribution in [0.4, 0.5) is 5.82 Å². The van der Waals surface area contributed by atoms with E-state index in [1.807, 2.05) is 39.8 Å². The van der Waals surface area contributed by atoms with Gasteiger partial charge in [-0.15, -0.1) is 0 Å². The van der Waals surface area contributed by atoms with Gasteiger partial charge in [0.2, 0.25) is 0 Å². The number of nitrogens with zero attached hydrogens (tertiary/aromatic N) is 2. The van der Waals surface area contributed by atoms with Gasteiger partial charge in [0, 0.05) is 12.1 Å². The zero-order valence-electron chi connectivity index (χ0n) is 14.7. The molecule has 0 fully saturated rings. The maximum absolute atomic E-state index is 12.3. The highest BCUT2D eigenvalue weighted by Gasteiger charge is 2.21. The summed E-state index contributed by atoms with van der Waals surface area (Å²) in [4.78, 5) is 24.6. The standard InChI is InChI=1S/C18H23N3O3/c1-11(2)21-16(8-9-19-21)20-17(22)14(5)24-18(23)15-10-12(3)6-7-13(15)4/h6-11,14H,1-5H3,(H,20,22)/t14-/m0/s1. The molecule has 6 nitrogen and oxygen atoms in total. The van der Waals surface area contributed by atoms with Crippen molar-refractivity contribution in [3.63, 3.8) is 0 Å². The lowest BCUT2D eigenvalue weighted by Crippen LogP contribution is -2.31. The van der Waals surface area contributed by atoms with Crippen molar-refractivity contribution in [1.82, 2.24) is 9.78 Å². The van der Waals surface area contributed by atoms with Gasteiger partial charge in [-0.3, -0.25) is 4.79 Å². The molecule has 24 heavy (non-hydrogen) atoms. The van der Waals surface area contributed by atoms with Crippen LogP contribution < -0.4 is 5.32 Å². The van der Waals surface area contributed by atoms with Crippen molar-refractivity contribution in [1.29, 1.82) is 0 Å². The second kappa shape index (κ2) is 7.29. The van der Waals surface area contributed by atoms with E-state index in [0.717, 1.165) is 11.1 Å². The number of carbonyl (C=O) groups excluding carboxylic acids is 2. The molecule has 1 amide bonds. The molecule has 1 heterocycles. The van der Waals surface area contributed by atoms with Crippen LogP contribution in [0, 0.1) is 13.8 Å². The Hall–Kier alpha value is -2.63. The first-order valence-electron chi connectivity index (χ1n) is 7.92. The summed E-state index contributed by atoms with van der Waals surface area (Å²) in [5.41, 5.74) is 2.25. The first-order chi connectivity index (χ1) is 11.3. The normalized spacial score (nSPS) is 12.1. The molecule has 2 aromatic rings. The van der Waals surface area contributed by atoms with Gasteiger partial charge >= 0.3 is 5.97 Å². The first-order valence-corrected chi connectivity index (χ1v) is 7.92. The van der Waals surface area contributed by atoms with Crippen molar-refractivity contribution in [3.05, 3.63) is 47.2 Å². The molecule has 128 valence electrons. The van der Waals surface area contributed by atoms with Gasteiger partial charge in [-0.2, -0.15) is 5.10 Å². The smallest absolute Gasteiger partial charge is 0.339 e. The molecule has 2 rings (SSSR count). The Bertz CT molecular complexity index is 750. The number of aromatic nitrogens is 2. The van der Waals surface area contributed by atoms with Crippen LogP contribution in [-0.2, 0) is 9.53 Å². The molecular formula is C18H23N3O3. The Morgan fingerprint density at radius 3 is 2.54 bits per heavy atom. The van der Waals surface area contributed by atoms with Gasteiger partial charge in [-0.25, -0.2) is 9.48 Å². The molecule has 0 unspecified atom stereocenters. The predicted molar refractivity (Wildman–Crippen MR) is 92.0 cm³/mol. The van der Waals surface area contributed by atoms with E-state index >= 15 is 0 Å². The number of benzene rings is 1. The zero-order chi connectivity index (χ0) is 17.9. The lowest BCUT2D eigenvalue weighted by Gasteiger charge is -2.16. The Balaban J connectivity index is 2.04. The summed E-state index contributed by atoms with van der Waals surface area (Å²) in [7, 11) is 0. The number of anilines is 1. The molecule has 0 bridgehead atoms. The van der Waals surface area contributed by atoms with Gasteiger partial charge < -0.3 is 10.1 Å². The number of esters is 1. The number of hydrogen-bond donors (Lipinski definition) is 1. The predicted octanol–water partition coefficient (Wildman–Crippen LogP) is 3.26. The monoisotopic (exact) mass is 329 g/mol. The summed E-state index contributed by atoms with van der Waals surface area (Å²) >= 11 is 0. The largest absolute Gasteiger partial charge is 0.449 e. The molecule has 0 aliphatic rings. The Kier molecular flexibility index (Phi) is 5.39. The van der Waals surface area contributed by atoms with Crippen LogP contribution in [0.3, 0.4) is 0 Å². The molecule has 1 aromatic heterocycles. The highest BCUT2D eigenvalue weighted by atomic mass is 16.5. The van der Waals surface area contributed by atoms with Gasteiger partial charge in [-0.05, 0) is 46.2 Å². The number of aryl methyl sites for hydroxylation is 2. The summed E-state index contributed by atoms with van der Waals surface area (Å²) in [5, 5.41) is 6.89. The van der Waals surface area contributed by atoms with Gasteiger partial charge in [0.1, 0.15) is 5.82 Å². The van der Waals surface area contributed by atoms with Crippen molar-refractivity contribution in [2.24, 2.45) is 0 Å². The SMILES string of the molecule is Cc1ccc(C)c(C(=O)O[C@@H](C)C(=O)Nc2ccnn2C(C)C)c1. The zero-order valence-corrected chi connectivity index (χ0v) is 14.7. The third-order valence-electron chi connectivity index (χ3n) is 3.68. The third-order valence-corrected chi connectivity index (χ3v) is 3.68. The Morgan fingerprint density at radius 1 is 1.17 bits per heavy atom. The minimum atomic E-state index is -0.909. The van der Waals surface area contributed by atoms with Crippen LogP contribution in [0.1, 0.15) is 48.3 Å². The summed E-state index contributed by atoms with van der Waals surface area (Å²) < 4.78 is 6.99. The lowest BCUT2D eigenvalue weighted by atomic mass is 10.1. The minimum Gasteiger partial charge on any atom is -0.449 e. The van der Waals surface area contributed by atoms with Crippen LogP contribution in [0.2, 0.25) is 0 Å². The molecule has 1 aromatic carbocycles. The summed E-state index contributed by atoms with van der Waals surface area (Å²) in [5.74, 6) is -0.322. The quantitative estimate of drug-likeness (QED) is 0.855. The lowest BCUT2D eigenvalue weighted by molar-refractivity contribution is -0.123. The van der Waals surface area contributed by atoms with E-state index < -0.39 is 18.0 Å². The van der Waals surface area contributed by atoms with Crippen molar-refractivity contribution in [3.8, 4) is 0 Å². The summed E-state index contributed by atoms with van der Waals surface area (Å²) in [6.07, 6.45) is 0.704. The minimum absolute atomic E-state index is 0.114. The molecule has 0 aliphatic heterocycles. The highest BCUT2D eigenvalue weighted by molar-refractivity contribution is 5.97. The highest BCUT2D eigenvalue weighted by Crippen LogP contribution is 2.15. The first kappa shape index (κ1) is 17.7. The van der Waals surface area contributed by atoms with Crippen LogP contribution in [0.15, 0.2) is 30.5 Å². The fraction of sp³-hybridized carbons (Fsp3) is 0.389. The topological polar surface area (TPSA) is 73.2 Å². The van der Waals surface area contributed by atoms with E-state index in [1.165, 1.54) is 0 Å². The molecule has 1 N–H and O–H groups in total. The molecule has 0 aliphatic carbocycles. The average Bonchev–Trinajstić information content (AvgIpc) is 2.97.